The molecule has 0 aliphatic heterocycles. The molecule has 0 amide bonds. The molecule has 104 valence electrons. The summed E-state index contributed by atoms with van der Waals surface area (Å²) in [7, 11) is 0. The van der Waals surface area contributed by atoms with Gasteiger partial charge in [0.15, 0.2) is 0 Å². The predicted molar refractivity (Wildman–Crippen MR) is 75.8 cm³/mol. The van der Waals surface area contributed by atoms with E-state index in [9.17, 15) is 5.11 Å². The van der Waals surface area contributed by atoms with Crippen LogP contribution in [0.4, 0.5) is 0 Å². The van der Waals surface area contributed by atoms with E-state index in [0.29, 0.717) is 12.0 Å². The highest BCUT2D eigenvalue weighted by Crippen LogP contribution is 2.56. The topological polar surface area (TPSA) is 29.5 Å². The molecule has 0 heterocycles. The molecule has 2 bridgehead atoms. The molecule has 0 atom stereocenters. The fourth-order valence-electron chi connectivity index (χ4n) is 3.75. The molecule has 0 spiro atoms. The van der Waals surface area contributed by atoms with Gasteiger partial charge >= 0.3 is 0 Å². The summed E-state index contributed by atoms with van der Waals surface area (Å²) in [5.74, 6) is 0. The van der Waals surface area contributed by atoms with E-state index in [-0.39, 0.29) is 5.41 Å². The molecule has 3 saturated carbocycles. The zero-order valence-electron chi connectivity index (χ0n) is 11.6. The van der Waals surface area contributed by atoms with Crippen LogP contribution < -0.4 is 0 Å². The van der Waals surface area contributed by atoms with Crippen molar-refractivity contribution in [3.05, 3.63) is 35.9 Å². The first kappa shape index (κ1) is 13.1. The van der Waals surface area contributed by atoms with Gasteiger partial charge in [0.2, 0.25) is 0 Å². The van der Waals surface area contributed by atoms with Crippen LogP contribution in [0.5, 0.6) is 0 Å². The highest BCUT2D eigenvalue weighted by atomic mass is 16.5. The maximum absolute atomic E-state index is 9.54. The summed E-state index contributed by atoms with van der Waals surface area (Å²) in [6.07, 6.45) is 7.29. The van der Waals surface area contributed by atoms with E-state index in [1.165, 1.54) is 44.1 Å². The average Bonchev–Trinajstić information content (AvgIpc) is 2.50. The summed E-state index contributed by atoms with van der Waals surface area (Å²) in [6.45, 7) is 2.01. The van der Waals surface area contributed by atoms with Gasteiger partial charge in [-0.2, -0.15) is 0 Å². The van der Waals surface area contributed by atoms with Crippen molar-refractivity contribution in [3.63, 3.8) is 0 Å². The van der Waals surface area contributed by atoms with Crippen molar-refractivity contribution in [2.75, 3.05) is 13.2 Å². The van der Waals surface area contributed by atoms with Gasteiger partial charge in [-0.1, -0.05) is 30.3 Å². The molecule has 3 aliphatic carbocycles. The van der Waals surface area contributed by atoms with Crippen LogP contribution in [0, 0.1) is 10.8 Å². The first-order chi connectivity index (χ1) is 9.26. The molecule has 0 unspecified atom stereocenters. The lowest BCUT2D eigenvalue weighted by Gasteiger charge is -2.52. The van der Waals surface area contributed by atoms with E-state index < -0.39 is 0 Å². The second-order valence-electron chi connectivity index (χ2n) is 6.64. The van der Waals surface area contributed by atoms with E-state index in [1.807, 2.05) is 6.07 Å². The zero-order valence-corrected chi connectivity index (χ0v) is 11.6. The second kappa shape index (κ2) is 5.26. The first-order valence-electron chi connectivity index (χ1n) is 7.49. The average molecular weight is 260 g/mol. The van der Waals surface area contributed by atoms with E-state index >= 15 is 0 Å². The summed E-state index contributed by atoms with van der Waals surface area (Å²) in [5, 5.41) is 9.54. The Kier molecular flexibility index (Phi) is 3.64. The molecule has 19 heavy (non-hydrogen) atoms. The van der Waals surface area contributed by atoms with Gasteiger partial charge in [0.1, 0.15) is 0 Å². The molecule has 2 heteroatoms. The Morgan fingerprint density at radius 3 is 2.05 bits per heavy atom. The van der Waals surface area contributed by atoms with Gasteiger partial charge in [-0.3, -0.25) is 0 Å². The van der Waals surface area contributed by atoms with Crippen LogP contribution in [0.15, 0.2) is 30.3 Å². The fraction of sp³-hybridized carbons (Fsp3) is 0.647. The molecular formula is C17H24O2. The van der Waals surface area contributed by atoms with E-state index in [1.54, 1.807) is 0 Å². The van der Waals surface area contributed by atoms with Gasteiger partial charge in [0, 0.05) is 6.61 Å². The lowest BCUT2D eigenvalue weighted by atomic mass is 9.54. The molecule has 3 aliphatic rings. The molecule has 3 fully saturated rings. The normalized spacial score (nSPS) is 33.5. The molecule has 0 aromatic heterocycles. The van der Waals surface area contributed by atoms with Crippen molar-refractivity contribution < 1.29 is 9.84 Å². The highest BCUT2D eigenvalue weighted by molar-refractivity contribution is 5.13. The van der Waals surface area contributed by atoms with Crippen LogP contribution in [0.3, 0.4) is 0 Å². The van der Waals surface area contributed by atoms with Gasteiger partial charge in [0.25, 0.3) is 0 Å². The van der Waals surface area contributed by atoms with Crippen LogP contribution >= 0.6 is 0 Å². The SMILES string of the molecule is OCC12CCC(COCc3ccccc3)(CC1)CC2. The van der Waals surface area contributed by atoms with Crippen molar-refractivity contribution in [3.8, 4) is 0 Å². The second-order valence-corrected chi connectivity index (χ2v) is 6.64. The molecule has 0 saturated heterocycles. The van der Waals surface area contributed by atoms with Gasteiger partial charge < -0.3 is 9.84 Å². The molecule has 1 aromatic carbocycles. The number of ether oxygens (including phenoxy) is 1. The quantitative estimate of drug-likeness (QED) is 0.877. The molecule has 1 N–H and O–H groups in total. The number of benzene rings is 1. The molecule has 1 aromatic rings. The lowest BCUT2D eigenvalue weighted by molar-refractivity contribution is -0.0847. The fourth-order valence-corrected chi connectivity index (χ4v) is 3.75. The third-order valence-electron chi connectivity index (χ3n) is 5.41. The number of fused-ring (bicyclic) bond motifs is 3. The Labute approximate surface area is 115 Å². The summed E-state index contributed by atoms with van der Waals surface area (Å²) in [5.41, 5.74) is 1.93. The van der Waals surface area contributed by atoms with Crippen molar-refractivity contribution in [2.45, 2.75) is 45.1 Å². The van der Waals surface area contributed by atoms with E-state index in [0.717, 1.165) is 13.2 Å². The Morgan fingerprint density at radius 1 is 0.895 bits per heavy atom. The van der Waals surface area contributed by atoms with Crippen LogP contribution in [0.2, 0.25) is 0 Å². The Bertz CT molecular complexity index is 388. The van der Waals surface area contributed by atoms with Gasteiger partial charge in [-0.05, 0) is 54.9 Å². The summed E-state index contributed by atoms with van der Waals surface area (Å²) < 4.78 is 5.98. The van der Waals surface area contributed by atoms with Crippen LogP contribution in [0.1, 0.15) is 44.1 Å². The zero-order chi connectivity index (χ0) is 13.2. The number of hydrogen-bond acceptors (Lipinski definition) is 2. The molecule has 4 rings (SSSR count). The predicted octanol–water partition coefficient (Wildman–Crippen LogP) is 3.54. The van der Waals surface area contributed by atoms with Gasteiger partial charge in [-0.15, -0.1) is 0 Å². The van der Waals surface area contributed by atoms with Crippen molar-refractivity contribution in [1.82, 2.24) is 0 Å². The summed E-state index contributed by atoms with van der Waals surface area (Å²) in [6, 6.07) is 10.4. The Hall–Kier alpha value is -0.860. The Balaban J connectivity index is 1.51. The minimum atomic E-state index is 0.265. The monoisotopic (exact) mass is 260 g/mol. The number of aliphatic hydroxyl groups excluding tert-OH is 1. The van der Waals surface area contributed by atoms with Crippen LogP contribution in [-0.2, 0) is 11.3 Å². The van der Waals surface area contributed by atoms with Gasteiger partial charge in [-0.25, -0.2) is 0 Å². The maximum Gasteiger partial charge on any atom is 0.0717 e. The standard InChI is InChI=1S/C17H24O2/c18-13-16-6-9-17(10-7-16,11-8-16)14-19-12-15-4-2-1-3-5-15/h1-5,18H,6-14H2. The van der Waals surface area contributed by atoms with Crippen molar-refractivity contribution in [1.29, 1.82) is 0 Å². The molecular weight excluding hydrogens is 236 g/mol. The number of hydrogen-bond donors (Lipinski definition) is 1. The van der Waals surface area contributed by atoms with Crippen molar-refractivity contribution in [2.24, 2.45) is 10.8 Å². The minimum absolute atomic E-state index is 0.265. The first-order valence-corrected chi connectivity index (χ1v) is 7.49. The van der Waals surface area contributed by atoms with E-state index in [4.69, 9.17) is 4.74 Å². The Morgan fingerprint density at radius 2 is 1.47 bits per heavy atom. The maximum atomic E-state index is 9.54. The van der Waals surface area contributed by atoms with Crippen LogP contribution in [0.25, 0.3) is 0 Å². The molecule has 2 nitrogen and oxygen atoms in total. The van der Waals surface area contributed by atoms with Crippen molar-refractivity contribution >= 4 is 0 Å². The number of rotatable bonds is 5. The highest BCUT2D eigenvalue weighted by Gasteiger charge is 2.48. The smallest absolute Gasteiger partial charge is 0.0717 e. The lowest BCUT2D eigenvalue weighted by Crippen LogP contribution is -2.45. The van der Waals surface area contributed by atoms with Gasteiger partial charge in [0.05, 0.1) is 13.2 Å². The van der Waals surface area contributed by atoms with E-state index in [2.05, 4.69) is 24.3 Å². The molecule has 0 radical (unpaired) electrons. The summed E-state index contributed by atoms with van der Waals surface area (Å²) >= 11 is 0. The third kappa shape index (κ3) is 2.70. The minimum Gasteiger partial charge on any atom is -0.396 e. The largest absolute Gasteiger partial charge is 0.396 e. The number of aliphatic hydroxyl groups is 1. The van der Waals surface area contributed by atoms with Crippen LogP contribution in [-0.4, -0.2) is 18.3 Å². The summed E-state index contributed by atoms with van der Waals surface area (Å²) in [4.78, 5) is 0. The third-order valence-corrected chi connectivity index (χ3v) is 5.41.